The average Bonchev–Trinajstić information content (AvgIpc) is 2.97. The minimum absolute atomic E-state index is 0.713. The quantitative estimate of drug-likeness (QED) is 0.641. The van der Waals surface area contributed by atoms with Crippen LogP contribution < -0.4 is 5.32 Å². The zero-order valence-corrected chi connectivity index (χ0v) is 15.8. The maximum Gasteiger partial charge on any atom is 0.194 e. The van der Waals surface area contributed by atoms with Crippen LogP contribution in [0.25, 0.3) is 0 Å². The van der Waals surface area contributed by atoms with Gasteiger partial charge in [0.2, 0.25) is 0 Å². The molecular formula is C14H19BrN4S2. The lowest BCUT2D eigenvalue weighted by Crippen LogP contribution is -2.37. The summed E-state index contributed by atoms with van der Waals surface area (Å²) in [5.74, 6) is 0.880. The molecule has 0 aromatic carbocycles. The molecule has 0 aliphatic carbocycles. The zero-order valence-electron chi connectivity index (χ0n) is 12.6. The first-order chi connectivity index (χ1) is 9.99. The second-order valence-corrected chi connectivity index (χ2v) is 8.55. The predicted octanol–water partition coefficient (Wildman–Crippen LogP) is 3.79. The summed E-state index contributed by atoms with van der Waals surface area (Å²) in [4.78, 5) is 13.6. The molecule has 2 rings (SSSR count). The van der Waals surface area contributed by atoms with Crippen molar-refractivity contribution in [2.24, 2.45) is 4.99 Å². The third kappa shape index (κ3) is 4.52. The van der Waals surface area contributed by atoms with Gasteiger partial charge < -0.3 is 10.2 Å². The van der Waals surface area contributed by atoms with Gasteiger partial charge in [0.05, 0.1) is 22.6 Å². The molecule has 21 heavy (non-hydrogen) atoms. The van der Waals surface area contributed by atoms with Gasteiger partial charge in [0, 0.05) is 23.8 Å². The molecular weight excluding hydrogens is 368 g/mol. The van der Waals surface area contributed by atoms with Crippen molar-refractivity contribution in [2.75, 3.05) is 14.1 Å². The van der Waals surface area contributed by atoms with E-state index in [1.54, 1.807) is 22.7 Å². The van der Waals surface area contributed by atoms with Crippen molar-refractivity contribution in [1.82, 2.24) is 15.2 Å². The molecule has 0 atom stereocenters. The first-order valence-electron chi connectivity index (χ1n) is 6.58. The Kier molecular flexibility index (Phi) is 5.78. The van der Waals surface area contributed by atoms with Gasteiger partial charge in [-0.1, -0.05) is 0 Å². The molecule has 0 saturated carbocycles. The number of thiophene rings is 1. The summed E-state index contributed by atoms with van der Waals surface area (Å²) >= 11 is 6.97. The predicted molar refractivity (Wildman–Crippen MR) is 95.3 cm³/mol. The number of thiazole rings is 1. The van der Waals surface area contributed by atoms with Crippen molar-refractivity contribution in [3.05, 3.63) is 36.4 Å². The van der Waals surface area contributed by atoms with Gasteiger partial charge in [-0.25, -0.2) is 4.98 Å². The van der Waals surface area contributed by atoms with Gasteiger partial charge >= 0.3 is 0 Å². The summed E-state index contributed by atoms with van der Waals surface area (Å²) in [6.45, 7) is 5.70. The number of guanidine groups is 1. The number of aryl methyl sites for hydroxylation is 2. The molecule has 7 heteroatoms. The second kappa shape index (κ2) is 7.38. The van der Waals surface area contributed by atoms with Crippen LogP contribution in [0.1, 0.15) is 20.5 Å². The van der Waals surface area contributed by atoms with Crippen molar-refractivity contribution in [3.8, 4) is 0 Å². The van der Waals surface area contributed by atoms with Crippen molar-refractivity contribution in [3.63, 3.8) is 0 Å². The fourth-order valence-electron chi connectivity index (χ4n) is 1.90. The highest BCUT2D eigenvalue weighted by Crippen LogP contribution is 2.23. The zero-order chi connectivity index (χ0) is 15.4. The van der Waals surface area contributed by atoms with Gasteiger partial charge in [-0.3, -0.25) is 4.99 Å². The summed E-state index contributed by atoms with van der Waals surface area (Å²) < 4.78 is 1.16. The van der Waals surface area contributed by atoms with Crippen LogP contribution in [0.15, 0.2) is 20.9 Å². The number of hydrogen-bond acceptors (Lipinski definition) is 4. The number of rotatable bonds is 4. The fraction of sp³-hybridized carbons (Fsp3) is 0.429. The van der Waals surface area contributed by atoms with Gasteiger partial charge in [0.25, 0.3) is 0 Å². The summed E-state index contributed by atoms with van der Waals surface area (Å²) in [5.41, 5.74) is 1.11. The van der Waals surface area contributed by atoms with Crippen LogP contribution in [0.2, 0.25) is 0 Å². The third-order valence-corrected chi connectivity index (χ3v) is 5.75. The van der Waals surface area contributed by atoms with Crippen molar-refractivity contribution in [1.29, 1.82) is 0 Å². The maximum atomic E-state index is 4.54. The highest BCUT2D eigenvalue weighted by Gasteiger charge is 2.10. The van der Waals surface area contributed by atoms with E-state index in [0.29, 0.717) is 6.54 Å². The molecule has 2 heterocycles. The molecule has 114 valence electrons. The number of aliphatic imine (C=N–C) groups is 1. The number of hydrogen-bond donors (Lipinski definition) is 1. The Morgan fingerprint density at radius 1 is 1.38 bits per heavy atom. The molecule has 1 N–H and O–H groups in total. The fourth-order valence-corrected chi connectivity index (χ4v) is 4.31. The largest absolute Gasteiger partial charge is 0.350 e. The SMILES string of the molecule is CN=C(NCc1nc(C)c(C)s1)N(C)Cc1ccc(Br)s1. The van der Waals surface area contributed by atoms with Crippen LogP contribution in [-0.4, -0.2) is 29.9 Å². The van der Waals surface area contributed by atoms with E-state index in [-0.39, 0.29) is 0 Å². The smallest absolute Gasteiger partial charge is 0.194 e. The lowest BCUT2D eigenvalue weighted by atomic mass is 10.4. The molecule has 0 fully saturated rings. The van der Waals surface area contributed by atoms with Gasteiger partial charge in [-0.05, 0) is 41.9 Å². The molecule has 0 saturated heterocycles. The highest BCUT2D eigenvalue weighted by atomic mass is 79.9. The summed E-state index contributed by atoms with van der Waals surface area (Å²) in [6, 6.07) is 4.21. The van der Waals surface area contributed by atoms with Crippen LogP contribution in [0.3, 0.4) is 0 Å². The minimum atomic E-state index is 0.713. The van der Waals surface area contributed by atoms with Crippen molar-refractivity contribution >= 4 is 44.6 Å². The standard InChI is InChI=1S/C14H19BrN4S2/c1-9-10(2)20-13(18-9)7-17-14(16-3)19(4)8-11-5-6-12(15)21-11/h5-6H,7-8H2,1-4H3,(H,16,17). The van der Waals surface area contributed by atoms with E-state index in [4.69, 9.17) is 0 Å². The van der Waals surface area contributed by atoms with Gasteiger partial charge in [0.15, 0.2) is 5.96 Å². The van der Waals surface area contributed by atoms with E-state index in [9.17, 15) is 0 Å². The molecule has 0 radical (unpaired) electrons. The Morgan fingerprint density at radius 3 is 2.67 bits per heavy atom. The summed E-state index contributed by atoms with van der Waals surface area (Å²) in [7, 11) is 3.85. The summed E-state index contributed by atoms with van der Waals surface area (Å²) in [6.07, 6.45) is 0. The van der Waals surface area contributed by atoms with Crippen molar-refractivity contribution in [2.45, 2.75) is 26.9 Å². The van der Waals surface area contributed by atoms with E-state index in [1.807, 2.05) is 21.0 Å². The Balaban J connectivity index is 1.93. The molecule has 0 aliphatic heterocycles. The molecule has 2 aromatic heterocycles. The first-order valence-corrected chi connectivity index (χ1v) is 9.01. The van der Waals surface area contributed by atoms with Gasteiger partial charge in [0.1, 0.15) is 5.01 Å². The Hall–Kier alpha value is -0.920. The number of halogens is 1. The molecule has 0 bridgehead atoms. The third-order valence-electron chi connectivity index (χ3n) is 3.07. The normalized spacial score (nSPS) is 11.8. The monoisotopic (exact) mass is 386 g/mol. The Morgan fingerprint density at radius 2 is 2.14 bits per heavy atom. The molecule has 2 aromatic rings. The van der Waals surface area contributed by atoms with Crippen LogP contribution in [-0.2, 0) is 13.1 Å². The maximum absolute atomic E-state index is 4.54. The Bertz CT molecular complexity index is 613. The first kappa shape index (κ1) is 16.5. The van der Waals surface area contributed by atoms with Crippen molar-refractivity contribution < 1.29 is 0 Å². The van der Waals surface area contributed by atoms with E-state index >= 15 is 0 Å². The molecule has 0 amide bonds. The molecule has 0 aliphatic rings. The van der Waals surface area contributed by atoms with Crippen LogP contribution in [0.5, 0.6) is 0 Å². The molecule has 0 unspecified atom stereocenters. The van der Waals surface area contributed by atoms with E-state index in [2.05, 4.69) is 55.2 Å². The average molecular weight is 387 g/mol. The highest BCUT2D eigenvalue weighted by molar-refractivity contribution is 9.11. The topological polar surface area (TPSA) is 40.5 Å². The lowest BCUT2D eigenvalue weighted by Gasteiger charge is -2.21. The van der Waals surface area contributed by atoms with Gasteiger partial charge in [-0.2, -0.15) is 0 Å². The number of nitrogens with zero attached hydrogens (tertiary/aromatic N) is 3. The number of aromatic nitrogens is 1. The summed E-state index contributed by atoms with van der Waals surface area (Å²) in [5, 5.41) is 4.47. The van der Waals surface area contributed by atoms with Crippen LogP contribution in [0, 0.1) is 13.8 Å². The molecule has 4 nitrogen and oxygen atoms in total. The van der Waals surface area contributed by atoms with Crippen LogP contribution >= 0.6 is 38.6 Å². The Labute approximate surface area is 142 Å². The second-order valence-electron chi connectivity index (χ2n) is 4.71. The van der Waals surface area contributed by atoms with Gasteiger partial charge in [-0.15, -0.1) is 22.7 Å². The van der Waals surface area contributed by atoms with E-state index in [0.717, 1.165) is 27.0 Å². The van der Waals surface area contributed by atoms with E-state index in [1.165, 1.54) is 9.75 Å². The van der Waals surface area contributed by atoms with E-state index < -0.39 is 0 Å². The number of nitrogens with one attached hydrogen (secondary N) is 1. The minimum Gasteiger partial charge on any atom is -0.350 e. The lowest BCUT2D eigenvalue weighted by molar-refractivity contribution is 0.481. The van der Waals surface area contributed by atoms with Crippen LogP contribution in [0.4, 0.5) is 0 Å². The molecule has 0 spiro atoms.